The van der Waals surface area contributed by atoms with Crippen LogP contribution >= 0.6 is 0 Å². The molecular formula is C11H24N2. The van der Waals surface area contributed by atoms with Crippen LogP contribution in [0.15, 0.2) is 0 Å². The van der Waals surface area contributed by atoms with E-state index < -0.39 is 0 Å². The molecule has 2 nitrogen and oxygen atoms in total. The molecule has 0 aromatic heterocycles. The van der Waals surface area contributed by atoms with Gasteiger partial charge in [0, 0.05) is 25.2 Å². The highest BCUT2D eigenvalue weighted by Crippen LogP contribution is 2.25. The van der Waals surface area contributed by atoms with Crippen molar-refractivity contribution in [3.8, 4) is 0 Å². The molecule has 1 aliphatic rings. The van der Waals surface area contributed by atoms with Crippen LogP contribution in [0.5, 0.6) is 0 Å². The molecular weight excluding hydrogens is 160 g/mol. The van der Waals surface area contributed by atoms with Gasteiger partial charge in [0.05, 0.1) is 0 Å². The first kappa shape index (κ1) is 11.0. The molecule has 78 valence electrons. The van der Waals surface area contributed by atoms with Crippen LogP contribution in [-0.4, -0.2) is 25.2 Å². The maximum Gasteiger partial charge on any atom is 0.0278 e. The molecule has 1 rings (SSSR count). The Hall–Kier alpha value is -0.0800. The number of rotatable bonds is 2. The number of hydrogen-bond acceptors (Lipinski definition) is 2. The lowest BCUT2D eigenvalue weighted by Gasteiger charge is -2.37. The second-order valence-electron chi connectivity index (χ2n) is 5.72. The molecule has 0 aromatic rings. The van der Waals surface area contributed by atoms with Crippen molar-refractivity contribution in [1.29, 1.82) is 0 Å². The van der Waals surface area contributed by atoms with E-state index in [1.165, 1.54) is 12.8 Å². The van der Waals surface area contributed by atoms with Crippen LogP contribution in [0.3, 0.4) is 0 Å². The van der Waals surface area contributed by atoms with E-state index in [0.717, 1.165) is 19.6 Å². The Bertz CT molecular complexity index is 152. The highest BCUT2D eigenvalue weighted by atomic mass is 15.1. The number of piperazine rings is 1. The van der Waals surface area contributed by atoms with E-state index in [9.17, 15) is 0 Å². The molecule has 0 radical (unpaired) electrons. The molecule has 0 saturated carbocycles. The van der Waals surface area contributed by atoms with Crippen LogP contribution in [0.2, 0.25) is 0 Å². The van der Waals surface area contributed by atoms with Crippen molar-refractivity contribution in [1.82, 2.24) is 10.6 Å². The Morgan fingerprint density at radius 3 is 2.38 bits per heavy atom. The quantitative estimate of drug-likeness (QED) is 0.683. The molecule has 1 fully saturated rings. The van der Waals surface area contributed by atoms with E-state index in [4.69, 9.17) is 0 Å². The maximum absolute atomic E-state index is 3.61. The highest BCUT2D eigenvalue weighted by Gasteiger charge is 2.27. The highest BCUT2D eigenvalue weighted by molar-refractivity contribution is 4.90. The molecule has 13 heavy (non-hydrogen) atoms. The first-order chi connectivity index (χ1) is 5.91. The second-order valence-corrected chi connectivity index (χ2v) is 5.72. The zero-order chi connectivity index (χ0) is 9.95. The fourth-order valence-electron chi connectivity index (χ4n) is 1.71. The smallest absolute Gasteiger partial charge is 0.0278 e. The fraction of sp³-hybridized carbons (Fsp3) is 1.00. The number of hydrogen-bond donors (Lipinski definition) is 2. The molecule has 2 N–H and O–H groups in total. The van der Waals surface area contributed by atoms with Crippen LogP contribution < -0.4 is 10.6 Å². The van der Waals surface area contributed by atoms with Gasteiger partial charge in [-0.25, -0.2) is 0 Å². The molecule has 1 atom stereocenters. The molecule has 0 aliphatic carbocycles. The first-order valence-electron chi connectivity index (χ1n) is 5.37. The van der Waals surface area contributed by atoms with E-state index in [1.54, 1.807) is 0 Å². The summed E-state index contributed by atoms with van der Waals surface area (Å²) < 4.78 is 0. The van der Waals surface area contributed by atoms with Crippen LogP contribution in [0, 0.1) is 5.41 Å². The van der Waals surface area contributed by atoms with Crippen molar-refractivity contribution in [2.75, 3.05) is 19.6 Å². The average molecular weight is 184 g/mol. The van der Waals surface area contributed by atoms with Crippen molar-refractivity contribution in [2.45, 2.75) is 46.1 Å². The summed E-state index contributed by atoms with van der Waals surface area (Å²) in [5.41, 5.74) is 0.785. The van der Waals surface area contributed by atoms with Crippen molar-refractivity contribution in [3.05, 3.63) is 0 Å². The minimum Gasteiger partial charge on any atom is -0.314 e. The zero-order valence-electron chi connectivity index (χ0n) is 9.54. The third-order valence-electron chi connectivity index (χ3n) is 2.80. The fourth-order valence-corrected chi connectivity index (χ4v) is 1.71. The summed E-state index contributed by atoms with van der Waals surface area (Å²) in [5, 5.41) is 7.05. The SMILES string of the molecule is CC(C)(C)CCC1(C)CNCCN1. The van der Waals surface area contributed by atoms with Crippen molar-refractivity contribution < 1.29 is 0 Å². The summed E-state index contributed by atoms with van der Waals surface area (Å²) in [6.45, 7) is 12.6. The maximum atomic E-state index is 3.61. The molecule has 0 aromatic carbocycles. The topological polar surface area (TPSA) is 24.1 Å². The van der Waals surface area contributed by atoms with Crippen molar-refractivity contribution in [3.63, 3.8) is 0 Å². The molecule has 1 heterocycles. The van der Waals surface area contributed by atoms with Crippen LogP contribution in [0.25, 0.3) is 0 Å². The molecule has 0 spiro atoms. The standard InChI is InChI=1S/C11H24N2/c1-10(2,3)5-6-11(4)9-12-7-8-13-11/h12-13H,5-9H2,1-4H3. The van der Waals surface area contributed by atoms with Crippen molar-refractivity contribution >= 4 is 0 Å². The van der Waals surface area contributed by atoms with Gasteiger partial charge in [0.1, 0.15) is 0 Å². The van der Waals surface area contributed by atoms with E-state index in [0.29, 0.717) is 11.0 Å². The van der Waals surface area contributed by atoms with Crippen molar-refractivity contribution in [2.24, 2.45) is 5.41 Å². The lowest BCUT2D eigenvalue weighted by molar-refractivity contribution is 0.234. The Balaban J connectivity index is 2.33. The third kappa shape index (κ3) is 4.10. The predicted octanol–water partition coefficient (Wildman–Crippen LogP) is 1.76. The van der Waals surface area contributed by atoms with Crippen LogP contribution in [-0.2, 0) is 0 Å². The van der Waals surface area contributed by atoms with E-state index in [1.807, 2.05) is 0 Å². The molecule has 1 aliphatic heterocycles. The Kier molecular flexibility index (Phi) is 3.36. The van der Waals surface area contributed by atoms with E-state index in [2.05, 4.69) is 38.3 Å². The second kappa shape index (κ2) is 3.97. The largest absolute Gasteiger partial charge is 0.314 e. The summed E-state index contributed by atoms with van der Waals surface area (Å²) in [6, 6.07) is 0. The van der Waals surface area contributed by atoms with E-state index >= 15 is 0 Å². The molecule has 0 bridgehead atoms. The molecule has 1 saturated heterocycles. The minimum absolute atomic E-state index is 0.325. The normalized spacial score (nSPS) is 30.5. The van der Waals surface area contributed by atoms with Gasteiger partial charge in [0.25, 0.3) is 0 Å². The lowest BCUT2D eigenvalue weighted by Crippen LogP contribution is -2.57. The lowest BCUT2D eigenvalue weighted by atomic mass is 9.83. The summed E-state index contributed by atoms with van der Waals surface area (Å²) in [5.74, 6) is 0. The van der Waals surface area contributed by atoms with Gasteiger partial charge in [0.15, 0.2) is 0 Å². The number of nitrogens with one attached hydrogen (secondary N) is 2. The van der Waals surface area contributed by atoms with Gasteiger partial charge in [-0.3, -0.25) is 0 Å². The Labute approximate surface area is 82.5 Å². The molecule has 2 heteroatoms. The van der Waals surface area contributed by atoms with Gasteiger partial charge < -0.3 is 10.6 Å². The summed E-state index contributed by atoms with van der Waals surface area (Å²) in [6.07, 6.45) is 2.56. The van der Waals surface area contributed by atoms with Gasteiger partial charge >= 0.3 is 0 Å². The van der Waals surface area contributed by atoms with E-state index in [-0.39, 0.29) is 0 Å². The van der Waals surface area contributed by atoms with Gasteiger partial charge in [-0.05, 0) is 25.2 Å². The molecule has 0 amide bonds. The zero-order valence-corrected chi connectivity index (χ0v) is 9.54. The third-order valence-corrected chi connectivity index (χ3v) is 2.80. The first-order valence-corrected chi connectivity index (χ1v) is 5.37. The van der Waals surface area contributed by atoms with Gasteiger partial charge in [-0.1, -0.05) is 20.8 Å². The summed E-state index contributed by atoms with van der Waals surface area (Å²) in [4.78, 5) is 0. The average Bonchev–Trinajstić information content (AvgIpc) is 2.02. The summed E-state index contributed by atoms with van der Waals surface area (Å²) >= 11 is 0. The van der Waals surface area contributed by atoms with Crippen LogP contribution in [0.1, 0.15) is 40.5 Å². The Morgan fingerprint density at radius 2 is 1.92 bits per heavy atom. The molecule has 1 unspecified atom stereocenters. The van der Waals surface area contributed by atoms with Gasteiger partial charge in [0.2, 0.25) is 0 Å². The Morgan fingerprint density at radius 1 is 1.23 bits per heavy atom. The van der Waals surface area contributed by atoms with Gasteiger partial charge in [-0.15, -0.1) is 0 Å². The monoisotopic (exact) mass is 184 g/mol. The predicted molar refractivity (Wildman–Crippen MR) is 58.0 cm³/mol. The van der Waals surface area contributed by atoms with Crippen LogP contribution in [0.4, 0.5) is 0 Å². The minimum atomic E-state index is 0.325. The van der Waals surface area contributed by atoms with Gasteiger partial charge in [-0.2, -0.15) is 0 Å². The summed E-state index contributed by atoms with van der Waals surface area (Å²) in [7, 11) is 0.